The number of amides is 3. The molecule has 1 aliphatic rings. The summed E-state index contributed by atoms with van der Waals surface area (Å²) >= 11 is 1.36. The molecule has 0 atom stereocenters. The Morgan fingerprint density at radius 2 is 1.91 bits per heavy atom. The predicted molar refractivity (Wildman–Crippen MR) is 122 cm³/mol. The maximum absolute atomic E-state index is 12.3. The van der Waals surface area contributed by atoms with Gasteiger partial charge in [-0.3, -0.25) is 19.3 Å². The molecule has 0 bridgehead atoms. The molecule has 1 aliphatic heterocycles. The summed E-state index contributed by atoms with van der Waals surface area (Å²) in [6.45, 7) is 2.00. The van der Waals surface area contributed by atoms with Gasteiger partial charge in [-0.05, 0) is 42.8 Å². The molecule has 172 valence electrons. The molecule has 2 aromatic carbocycles. The van der Waals surface area contributed by atoms with Crippen LogP contribution < -0.4 is 5.32 Å². The number of aromatic nitrogens is 3. The van der Waals surface area contributed by atoms with E-state index in [0.717, 1.165) is 21.6 Å². The number of benzene rings is 2. The van der Waals surface area contributed by atoms with Gasteiger partial charge in [-0.2, -0.15) is 4.98 Å². The number of carbonyl (C=O) groups is 3. The molecule has 0 spiro atoms. The second-order valence-electron chi connectivity index (χ2n) is 7.82. The van der Waals surface area contributed by atoms with Crippen molar-refractivity contribution in [1.82, 2.24) is 20.0 Å². The van der Waals surface area contributed by atoms with Crippen LogP contribution in [0, 0.1) is 6.92 Å². The molecule has 4 aromatic rings. The van der Waals surface area contributed by atoms with Crippen molar-refractivity contribution in [3.05, 3.63) is 64.8 Å². The predicted octanol–water partition coefficient (Wildman–Crippen LogP) is 3.61. The highest BCUT2D eigenvalue weighted by Crippen LogP contribution is 2.27. The van der Waals surface area contributed by atoms with E-state index >= 15 is 0 Å². The Balaban J connectivity index is 1.14. The fraction of sp³-hybridized carbons (Fsp3) is 0.217. The number of aryl methyl sites for hydroxylation is 2. The van der Waals surface area contributed by atoms with E-state index in [4.69, 9.17) is 8.94 Å². The number of anilines is 1. The third kappa shape index (κ3) is 4.29. The Morgan fingerprint density at radius 3 is 2.76 bits per heavy atom. The molecule has 3 amide bonds. The lowest BCUT2D eigenvalue weighted by atomic mass is 10.1. The summed E-state index contributed by atoms with van der Waals surface area (Å²) in [5.41, 5.74) is 3.67. The van der Waals surface area contributed by atoms with Crippen molar-refractivity contribution in [3.63, 3.8) is 0 Å². The van der Waals surface area contributed by atoms with Crippen molar-refractivity contribution in [1.29, 1.82) is 0 Å². The molecular formula is C23H19N5O5S. The average molecular weight is 478 g/mol. The fourth-order valence-electron chi connectivity index (χ4n) is 3.54. The average Bonchev–Trinajstić information content (AvgIpc) is 3.50. The number of oxazole rings is 1. The second kappa shape index (κ2) is 8.75. The van der Waals surface area contributed by atoms with Gasteiger partial charge in [-0.15, -0.1) is 0 Å². The highest BCUT2D eigenvalue weighted by atomic mass is 32.2. The first kappa shape index (κ1) is 21.8. The topological polar surface area (TPSA) is 131 Å². The van der Waals surface area contributed by atoms with E-state index in [1.165, 1.54) is 30.9 Å². The standard InChI is InChI=1S/C23H19N5O5S/c1-12-3-6-17-16(9-12)25-23(32-17)34-11-18-26-20(33-27-18)8-7-19(29)24-13-4-5-14-15(10-13)22(31)28(2)21(14)30/h3-6,9-10H,7-8,11H2,1-2H3,(H,24,29). The maximum atomic E-state index is 12.3. The summed E-state index contributed by atoms with van der Waals surface area (Å²) in [5.74, 6) is 0.216. The normalized spacial score (nSPS) is 13.1. The number of hydrogen-bond donors (Lipinski definition) is 1. The number of nitrogens with one attached hydrogen (secondary N) is 1. The van der Waals surface area contributed by atoms with E-state index in [9.17, 15) is 14.4 Å². The van der Waals surface area contributed by atoms with Gasteiger partial charge >= 0.3 is 0 Å². The molecule has 1 N–H and O–H groups in total. The molecule has 0 saturated carbocycles. The van der Waals surface area contributed by atoms with Crippen LogP contribution >= 0.6 is 11.8 Å². The van der Waals surface area contributed by atoms with Gasteiger partial charge in [0.15, 0.2) is 11.4 Å². The molecule has 11 heteroatoms. The van der Waals surface area contributed by atoms with Crippen LogP contribution in [0.4, 0.5) is 5.69 Å². The Hall–Kier alpha value is -3.99. The zero-order valence-electron chi connectivity index (χ0n) is 18.3. The number of rotatable bonds is 7. The summed E-state index contributed by atoms with van der Waals surface area (Å²) in [6.07, 6.45) is 0.375. The first-order valence-corrected chi connectivity index (χ1v) is 11.4. The molecule has 0 radical (unpaired) electrons. The third-order valence-corrected chi connectivity index (χ3v) is 6.12. The molecular weight excluding hydrogens is 458 g/mol. The smallest absolute Gasteiger partial charge is 0.261 e. The lowest BCUT2D eigenvalue weighted by Crippen LogP contribution is -2.24. The number of thioether (sulfide) groups is 1. The van der Waals surface area contributed by atoms with Crippen molar-refractivity contribution in [2.45, 2.75) is 30.7 Å². The van der Waals surface area contributed by atoms with Gasteiger partial charge in [-0.1, -0.05) is 23.0 Å². The van der Waals surface area contributed by atoms with Crippen molar-refractivity contribution >= 4 is 46.3 Å². The van der Waals surface area contributed by atoms with Crippen molar-refractivity contribution in [3.8, 4) is 0 Å². The lowest BCUT2D eigenvalue weighted by Gasteiger charge is -2.05. The Kier molecular flexibility index (Phi) is 5.62. The number of nitrogens with zero attached hydrogens (tertiary/aromatic N) is 4. The van der Waals surface area contributed by atoms with Crippen LogP contribution in [0.3, 0.4) is 0 Å². The third-order valence-electron chi connectivity index (χ3n) is 5.30. The minimum absolute atomic E-state index is 0.114. The van der Waals surface area contributed by atoms with Gasteiger partial charge in [0, 0.05) is 25.6 Å². The van der Waals surface area contributed by atoms with Crippen LogP contribution in [0.15, 0.2) is 50.6 Å². The summed E-state index contributed by atoms with van der Waals surface area (Å²) < 4.78 is 10.9. The van der Waals surface area contributed by atoms with Gasteiger partial charge in [0.2, 0.25) is 11.8 Å². The minimum atomic E-state index is -0.389. The number of imide groups is 1. The zero-order valence-corrected chi connectivity index (χ0v) is 19.1. The molecule has 3 heterocycles. The van der Waals surface area contributed by atoms with E-state index in [0.29, 0.717) is 33.9 Å². The van der Waals surface area contributed by atoms with Crippen molar-refractivity contribution < 1.29 is 23.3 Å². The van der Waals surface area contributed by atoms with E-state index in [2.05, 4.69) is 20.4 Å². The minimum Gasteiger partial charge on any atom is -0.431 e. The Morgan fingerprint density at radius 1 is 1.09 bits per heavy atom. The SMILES string of the molecule is Cc1ccc2oc(SCc3noc(CCC(=O)Nc4ccc5c(c4)C(=O)N(C)C5=O)n3)nc2c1. The van der Waals surface area contributed by atoms with E-state index < -0.39 is 0 Å². The Bertz CT molecular complexity index is 1440. The largest absolute Gasteiger partial charge is 0.431 e. The van der Waals surface area contributed by atoms with Gasteiger partial charge in [-0.25, -0.2) is 4.98 Å². The van der Waals surface area contributed by atoms with Crippen LogP contribution in [-0.4, -0.2) is 44.8 Å². The second-order valence-corrected chi connectivity index (χ2v) is 8.75. The first-order chi connectivity index (χ1) is 16.4. The maximum Gasteiger partial charge on any atom is 0.261 e. The van der Waals surface area contributed by atoms with Gasteiger partial charge in [0.25, 0.3) is 17.0 Å². The van der Waals surface area contributed by atoms with Gasteiger partial charge in [0.05, 0.1) is 16.9 Å². The fourth-order valence-corrected chi connectivity index (χ4v) is 4.22. The van der Waals surface area contributed by atoms with Crippen LogP contribution in [-0.2, 0) is 17.0 Å². The molecule has 2 aromatic heterocycles. The van der Waals surface area contributed by atoms with E-state index in [1.807, 2.05) is 25.1 Å². The molecule has 5 rings (SSSR count). The zero-order chi connectivity index (χ0) is 23.8. The molecule has 0 unspecified atom stereocenters. The highest BCUT2D eigenvalue weighted by Gasteiger charge is 2.32. The molecule has 0 aliphatic carbocycles. The molecule has 0 saturated heterocycles. The number of hydrogen-bond acceptors (Lipinski definition) is 9. The Labute approximate surface area is 197 Å². The van der Waals surface area contributed by atoms with Crippen LogP contribution in [0.2, 0.25) is 0 Å². The van der Waals surface area contributed by atoms with E-state index in [-0.39, 0.29) is 36.1 Å². The summed E-state index contributed by atoms with van der Waals surface area (Å²) in [5, 5.41) is 7.19. The highest BCUT2D eigenvalue weighted by molar-refractivity contribution is 7.98. The monoisotopic (exact) mass is 477 g/mol. The van der Waals surface area contributed by atoms with Gasteiger partial charge < -0.3 is 14.3 Å². The van der Waals surface area contributed by atoms with Crippen LogP contribution in [0.25, 0.3) is 11.1 Å². The molecule has 0 fully saturated rings. The van der Waals surface area contributed by atoms with Crippen LogP contribution in [0.5, 0.6) is 0 Å². The van der Waals surface area contributed by atoms with Crippen molar-refractivity contribution in [2.75, 3.05) is 12.4 Å². The van der Waals surface area contributed by atoms with Crippen molar-refractivity contribution in [2.24, 2.45) is 0 Å². The van der Waals surface area contributed by atoms with Crippen LogP contribution in [0.1, 0.15) is 44.4 Å². The molecule has 34 heavy (non-hydrogen) atoms. The summed E-state index contributed by atoms with van der Waals surface area (Å²) in [7, 11) is 1.42. The quantitative estimate of drug-likeness (QED) is 0.313. The first-order valence-electron chi connectivity index (χ1n) is 10.4. The number of carbonyl (C=O) groups excluding carboxylic acids is 3. The summed E-state index contributed by atoms with van der Waals surface area (Å²) in [4.78, 5) is 46.2. The van der Waals surface area contributed by atoms with Gasteiger partial charge in [0.1, 0.15) is 5.52 Å². The number of fused-ring (bicyclic) bond motifs is 2. The molecule has 10 nitrogen and oxygen atoms in total. The lowest BCUT2D eigenvalue weighted by molar-refractivity contribution is -0.116. The summed E-state index contributed by atoms with van der Waals surface area (Å²) in [6, 6.07) is 10.4. The van der Waals surface area contributed by atoms with E-state index in [1.54, 1.807) is 6.07 Å².